The molecule has 0 radical (unpaired) electrons. The molecule has 0 spiro atoms. The number of carbonyl (C=O) groups excluding carboxylic acids is 2. The summed E-state index contributed by atoms with van der Waals surface area (Å²) in [5, 5.41) is 7.40. The number of furan rings is 1. The first-order valence-electron chi connectivity index (χ1n) is 8.21. The number of amides is 3. The molecule has 6 nitrogen and oxygen atoms in total. The third-order valence-corrected chi connectivity index (χ3v) is 4.90. The monoisotopic (exact) mass is 393 g/mol. The molecule has 0 bridgehead atoms. The fourth-order valence-corrected chi connectivity index (χ4v) is 3.28. The standard InChI is InChI=1S/C18H17F2N3O3S/c1-2-18(12-6-4-3-5-7-12)15(24)23(17(25)22-18)21-10-13-8-9-14(26-13)11-27-16(19)20/h3-10,16H,2,11H2,1H3,(H,22,25)/b21-10-/t18-/m0/s1. The maximum atomic E-state index is 12.9. The molecule has 1 aromatic carbocycles. The molecule has 2 aromatic rings. The number of rotatable bonds is 7. The van der Waals surface area contributed by atoms with Crippen LogP contribution in [0.1, 0.15) is 30.4 Å². The van der Waals surface area contributed by atoms with Gasteiger partial charge in [0.1, 0.15) is 17.1 Å². The van der Waals surface area contributed by atoms with Crippen molar-refractivity contribution in [3.05, 3.63) is 59.5 Å². The predicted octanol–water partition coefficient (Wildman–Crippen LogP) is 3.93. The minimum absolute atomic E-state index is 0.0155. The van der Waals surface area contributed by atoms with Crippen molar-refractivity contribution in [2.45, 2.75) is 30.4 Å². The highest BCUT2D eigenvalue weighted by molar-refractivity contribution is 7.98. The molecule has 1 saturated heterocycles. The summed E-state index contributed by atoms with van der Waals surface area (Å²) in [5.41, 5.74) is -0.495. The number of benzene rings is 1. The summed E-state index contributed by atoms with van der Waals surface area (Å²) >= 11 is 0.442. The summed E-state index contributed by atoms with van der Waals surface area (Å²) < 4.78 is 29.8. The van der Waals surface area contributed by atoms with Crippen molar-refractivity contribution in [3.63, 3.8) is 0 Å². The van der Waals surface area contributed by atoms with Crippen LogP contribution in [0.15, 0.2) is 52.0 Å². The Morgan fingerprint density at radius 2 is 2.00 bits per heavy atom. The van der Waals surface area contributed by atoms with E-state index >= 15 is 0 Å². The van der Waals surface area contributed by atoms with Gasteiger partial charge in [-0.1, -0.05) is 49.0 Å². The van der Waals surface area contributed by atoms with Crippen molar-refractivity contribution >= 4 is 29.9 Å². The van der Waals surface area contributed by atoms with Gasteiger partial charge in [0, 0.05) is 0 Å². The van der Waals surface area contributed by atoms with Crippen molar-refractivity contribution < 1.29 is 22.8 Å². The van der Waals surface area contributed by atoms with Crippen molar-refractivity contribution in [2.24, 2.45) is 5.10 Å². The third-order valence-electron chi connectivity index (χ3n) is 4.20. The molecule has 2 heterocycles. The van der Waals surface area contributed by atoms with Crippen LogP contribution in [-0.2, 0) is 16.1 Å². The molecule has 1 fully saturated rings. The second kappa shape index (κ2) is 7.91. The molecule has 1 atom stereocenters. The average molecular weight is 393 g/mol. The molecule has 3 rings (SSSR count). The number of nitrogens with zero attached hydrogens (tertiary/aromatic N) is 2. The van der Waals surface area contributed by atoms with Crippen LogP contribution in [0.3, 0.4) is 0 Å². The normalized spacial score (nSPS) is 20.1. The Balaban J connectivity index is 1.77. The molecule has 0 aliphatic carbocycles. The smallest absolute Gasteiger partial charge is 0.346 e. The molecule has 1 aliphatic heterocycles. The molecule has 1 aromatic heterocycles. The number of carbonyl (C=O) groups is 2. The average Bonchev–Trinajstić information content (AvgIpc) is 3.22. The molecule has 0 saturated carbocycles. The van der Waals surface area contributed by atoms with Gasteiger partial charge in [0.25, 0.3) is 11.7 Å². The quantitative estimate of drug-likeness (QED) is 0.571. The van der Waals surface area contributed by atoms with E-state index in [1.54, 1.807) is 37.3 Å². The van der Waals surface area contributed by atoms with Crippen LogP contribution in [0.5, 0.6) is 0 Å². The Morgan fingerprint density at radius 3 is 2.67 bits per heavy atom. The van der Waals surface area contributed by atoms with E-state index in [4.69, 9.17) is 4.42 Å². The van der Waals surface area contributed by atoms with Gasteiger partial charge in [0.2, 0.25) is 0 Å². The van der Waals surface area contributed by atoms with Gasteiger partial charge in [-0.05, 0) is 24.1 Å². The van der Waals surface area contributed by atoms with Crippen LogP contribution in [0.25, 0.3) is 0 Å². The second-order valence-corrected chi connectivity index (χ2v) is 6.77. The second-order valence-electron chi connectivity index (χ2n) is 5.79. The van der Waals surface area contributed by atoms with Crippen LogP contribution >= 0.6 is 11.8 Å². The minimum atomic E-state index is -2.49. The highest BCUT2D eigenvalue weighted by Crippen LogP contribution is 2.32. The summed E-state index contributed by atoms with van der Waals surface area (Å²) in [4.78, 5) is 25.2. The first-order valence-corrected chi connectivity index (χ1v) is 9.26. The van der Waals surface area contributed by atoms with Gasteiger partial charge in [-0.15, -0.1) is 5.01 Å². The van der Waals surface area contributed by atoms with Crippen molar-refractivity contribution in [2.75, 3.05) is 0 Å². The van der Waals surface area contributed by atoms with Gasteiger partial charge in [-0.25, -0.2) is 4.79 Å². The lowest BCUT2D eigenvalue weighted by Gasteiger charge is -2.24. The molecule has 1 aliphatic rings. The van der Waals surface area contributed by atoms with Gasteiger partial charge in [-0.3, -0.25) is 4.79 Å². The van der Waals surface area contributed by atoms with Crippen LogP contribution in [0.4, 0.5) is 13.6 Å². The molecular weight excluding hydrogens is 376 g/mol. The van der Waals surface area contributed by atoms with E-state index in [1.165, 1.54) is 12.3 Å². The van der Waals surface area contributed by atoms with E-state index in [2.05, 4.69) is 10.4 Å². The largest absolute Gasteiger partial charge is 0.459 e. The highest BCUT2D eigenvalue weighted by atomic mass is 32.2. The summed E-state index contributed by atoms with van der Waals surface area (Å²) in [5.74, 6) is -2.35. The number of thioether (sulfide) groups is 1. The summed E-state index contributed by atoms with van der Waals surface area (Å²) in [6.45, 7) is 1.80. The van der Waals surface area contributed by atoms with E-state index in [1.807, 2.05) is 6.07 Å². The topological polar surface area (TPSA) is 74.9 Å². The number of hydrogen-bond donors (Lipinski definition) is 1. The SMILES string of the molecule is CC[C@@]1(c2ccccc2)NC(=O)N(/N=C\c2ccc(CSC(F)F)o2)C1=O. The predicted molar refractivity (Wildman–Crippen MR) is 97.4 cm³/mol. The lowest BCUT2D eigenvalue weighted by Crippen LogP contribution is -2.43. The minimum Gasteiger partial charge on any atom is -0.459 e. The van der Waals surface area contributed by atoms with E-state index in [0.717, 1.165) is 5.01 Å². The molecule has 3 amide bonds. The fraction of sp³-hybridized carbons (Fsp3) is 0.278. The number of halogens is 2. The highest BCUT2D eigenvalue weighted by Gasteiger charge is 2.51. The molecular formula is C18H17F2N3O3S. The fourth-order valence-electron chi connectivity index (χ4n) is 2.83. The Labute approximate surface area is 158 Å². The molecule has 142 valence electrons. The van der Waals surface area contributed by atoms with E-state index < -0.39 is 23.2 Å². The van der Waals surface area contributed by atoms with Crippen LogP contribution in [0, 0.1) is 0 Å². The zero-order valence-corrected chi connectivity index (χ0v) is 15.2. The first kappa shape index (κ1) is 19.1. The Morgan fingerprint density at radius 1 is 1.26 bits per heavy atom. The Kier molecular flexibility index (Phi) is 5.59. The zero-order valence-electron chi connectivity index (χ0n) is 14.4. The number of hydrazone groups is 1. The Hall–Kier alpha value is -2.68. The lowest BCUT2D eigenvalue weighted by atomic mass is 9.87. The van der Waals surface area contributed by atoms with Crippen LogP contribution < -0.4 is 5.32 Å². The van der Waals surface area contributed by atoms with Gasteiger partial charge in [0.05, 0.1) is 12.0 Å². The van der Waals surface area contributed by atoms with E-state index in [9.17, 15) is 18.4 Å². The van der Waals surface area contributed by atoms with Gasteiger partial charge in [-0.2, -0.15) is 13.9 Å². The summed E-state index contributed by atoms with van der Waals surface area (Å²) in [6, 6.07) is 11.4. The summed E-state index contributed by atoms with van der Waals surface area (Å²) in [6.07, 6.45) is 1.58. The van der Waals surface area contributed by atoms with Gasteiger partial charge >= 0.3 is 6.03 Å². The van der Waals surface area contributed by atoms with Crippen molar-refractivity contribution in [3.8, 4) is 0 Å². The number of alkyl halides is 2. The molecule has 1 N–H and O–H groups in total. The van der Waals surface area contributed by atoms with E-state index in [0.29, 0.717) is 29.5 Å². The number of hydrogen-bond acceptors (Lipinski definition) is 5. The van der Waals surface area contributed by atoms with Crippen molar-refractivity contribution in [1.82, 2.24) is 10.3 Å². The molecule has 9 heteroatoms. The van der Waals surface area contributed by atoms with E-state index in [-0.39, 0.29) is 11.5 Å². The van der Waals surface area contributed by atoms with Gasteiger partial charge in [0.15, 0.2) is 0 Å². The molecule has 27 heavy (non-hydrogen) atoms. The van der Waals surface area contributed by atoms with Gasteiger partial charge < -0.3 is 9.73 Å². The molecule has 0 unspecified atom stereocenters. The maximum absolute atomic E-state index is 12.9. The number of urea groups is 1. The van der Waals surface area contributed by atoms with Crippen LogP contribution in [0.2, 0.25) is 0 Å². The number of nitrogens with one attached hydrogen (secondary N) is 1. The lowest BCUT2D eigenvalue weighted by molar-refractivity contribution is -0.131. The zero-order chi connectivity index (χ0) is 19.4. The van der Waals surface area contributed by atoms with Crippen LogP contribution in [-0.4, -0.2) is 28.9 Å². The number of imide groups is 1. The Bertz CT molecular complexity index is 857. The summed E-state index contributed by atoms with van der Waals surface area (Å²) in [7, 11) is 0. The third kappa shape index (κ3) is 3.87. The first-order chi connectivity index (χ1) is 13.0. The van der Waals surface area contributed by atoms with Crippen molar-refractivity contribution in [1.29, 1.82) is 0 Å². The maximum Gasteiger partial charge on any atom is 0.346 e.